The smallest absolute Gasteiger partial charge is 0.256 e. The van der Waals surface area contributed by atoms with E-state index in [9.17, 15) is 10.1 Å². The highest BCUT2D eigenvalue weighted by atomic mass is 16.2. The molecule has 1 aromatic rings. The van der Waals surface area contributed by atoms with Gasteiger partial charge in [-0.3, -0.25) is 4.79 Å². The lowest BCUT2D eigenvalue weighted by molar-refractivity contribution is 0.0568. The summed E-state index contributed by atoms with van der Waals surface area (Å²) in [5.74, 6) is -0.0421. The lowest BCUT2D eigenvalue weighted by Gasteiger charge is -2.34. The van der Waals surface area contributed by atoms with Crippen LogP contribution < -0.4 is 0 Å². The number of hydrogen-bond donors (Lipinski definition) is 0. The van der Waals surface area contributed by atoms with Crippen LogP contribution in [0, 0.1) is 11.3 Å². The van der Waals surface area contributed by atoms with E-state index in [1.807, 2.05) is 39.0 Å². The van der Waals surface area contributed by atoms with Crippen molar-refractivity contribution in [3.63, 3.8) is 0 Å². The largest absolute Gasteiger partial charge is 0.314 e. The number of nitriles is 1. The zero-order valence-corrected chi connectivity index (χ0v) is 13.1. The highest BCUT2D eigenvalue weighted by Crippen LogP contribution is 2.40. The van der Waals surface area contributed by atoms with Crippen LogP contribution >= 0.6 is 0 Å². The Kier molecular flexibility index (Phi) is 3.17. The molecule has 0 aliphatic carbocycles. The van der Waals surface area contributed by atoms with E-state index in [1.54, 1.807) is 4.90 Å². The van der Waals surface area contributed by atoms with Gasteiger partial charge >= 0.3 is 0 Å². The van der Waals surface area contributed by atoms with Gasteiger partial charge in [0.05, 0.1) is 6.07 Å². The number of rotatable bonds is 0. The quantitative estimate of drug-likeness (QED) is 0.719. The summed E-state index contributed by atoms with van der Waals surface area (Å²) >= 11 is 0. The molecule has 0 fully saturated rings. The summed E-state index contributed by atoms with van der Waals surface area (Å²) in [5, 5.41) is 9.51. The minimum Gasteiger partial charge on any atom is -0.314 e. The first-order valence-corrected chi connectivity index (χ1v) is 6.95. The second-order valence-electron chi connectivity index (χ2n) is 7.43. The van der Waals surface area contributed by atoms with Crippen molar-refractivity contribution < 1.29 is 4.79 Å². The SMILES string of the molecule is CC(C)(C)c1ccc2c(c1)C(C#N)N(C(C)(C)C)C2=O. The number of benzene rings is 1. The first kappa shape index (κ1) is 14.6. The fourth-order valence-corrected chi connectivity index (χ4v) is 2.66. The van der Waals surface area contributed by atoms with E-state index in [1.165, 1.54) is 0 Å². The van der Waals surface area contributed by atoms with Crippen LogP contribution in [0.1, 0.15) is 69.1 Å². The first-order chi connectivity index (χ1) is 9.07. The van der Waals surface area contributed by atoms with Gasteiger partial charge in [0.25, 0.3) is 5.91 Å². The van der Waals surface area contributed by atoms with Crippen molar-refractivity contribution in [3.05, 3.63) is 34.9 Å². The summed E-state index contributed by atoms with van der Waals surface area (Å²) in [6, 6.07) is 7.69. The molecule has 20 heavy (non-hydrogen) atoms. The van der Waals surface area contributed by atoms with Crippen LogP contribution in [-0.2, 0) is 5.41 Å². The van der Waals surface area contributed by atoms with Gasteiger partial charge < -0.3 is 4.90 Å². The minimum atomic E-state index is -0.486. The maximum absolute atomic E-state index is 12.5. The maximum atomic E-state index is 12.5. The highest BCUT2D eigenvalue weighted by Gasteiger charge is 2.43. The molecule has 1 atom stereocenters. The van der Waals surface area contributed by atoms with E-state index in [4.69, 9.17) is 0 Å². The van der Waals surface area contributed by atoms with E-state index in [-0.39, 0.29) is 16.9 Å². The molecule has 0 N–H and O–H groups in total. The summed E-state index contributed by atoms with van der Waals surface area (Å²) in [7, 11) is 0. The average Bonchev–Trinajstić information content (AvgIpc) is 2.60. The van der Waals surface area contributed by atoms with E-state index >= 15 is 0 Å². The summed E-state index contributed by atoms with van der Waals surface area (Å²) in [6.07, 6.45) is 0. The normalized spacial score (nSPS) is 18.9. The molecule has 1 aliphatic rings. The molecule has 0 spiro atoms. The molecule has 0 radical (unpaired) electrons. The van der Waals surface area contributed by atoms with Gasteiger partial charge in [-0.05, 0) is 37.8 Å². The lowest BCUT2D eigenvalue weighted by atomic mass is 9.85. The van der Waals surface area contributed by atoms with Crippen LogP contribution in [0.2, 0.25) is 0 Å². The van der Waals surface area contributed by atoms with Gasteiger partial charge in [-0.25, -0.2) is 0 Å². The maximum Gasteiger partial charge on any atom is 0.256 e. The van der Waals surface area contributed by atoms with Crippen molar-refractivity contribution in [2.24, 2.45) is 0 Å². The Hall–Kier alpha value is -1.82. The van der Waals surface area contributed by atoms with Gasteiger partial charge in [0.2, 0.25) is 0 Å². The summed E-state index contributed by atoms with van der Waals surface area (Å²) < 4.78 is 0. The summed E-state index contributed by atoms with van der Waals surface area (Å²) in [4.78, 5) is 14.2. The van der Waals surface area contributed by atoms with E-state index < -0.39 is 6.04 Å². The second-order valence-corrected chi connectivity index (χ2v) is 7.43. The standard InChI is InChI=1S/C17H22N2O/c1-16(2,3)11-7-8-12-13(9-11)14(10-18)19(15(12)20)17(4,5)6/h7-9,14H,1-6H3. The fourth-order valence-electron chi connectivity index (χ4n) is 2.66. The monoisotopic (exact) mass is 270 g/mol. The Balaban J connectivity index is 2.60. The third-order valence-corrected chi connectivity index (χ3v) is 3.76. The molecule has 1 aromatic carbocycles. The molecule has 0 saturated heterocycles. The fraction of sp³-hybridized carbons (Fsp3) is 0.529. The molecular weight excluding hydrogens is 248 g/mol. The summed E-state index contributed by atoms with van der Waals surface area (Å²) in [6.45, 7) is 12.3. The Morgan fingerprint density at radius 3 is 2.20 bits per heavy atom. The van der Waals surface area contributed by atoms with Gasteiger partial charge in [0.1, 0.15) is 6.04 Å². The number of hydrogen-bond acceptors (Lipinski definition) is 2. The molecule has 0 aromatic heterocycles. The molecule has 106 valence electrons. The predicted molar refractivity (Wildman–Crippen MR) is 79.4 cm³/mol. The van der Waals surface area contributed by atoms with Crippen LogP contribution in [0.25, 0.3) is 0 Å². The second kappa shape index (κ2) is 4.34. The Bertz CT molecular complexity index is 597. The number of carbonyl (C=O) groups excluding carboxylic acids is 1. The minimum absolute atomic E-state index is 0.00718. The first-order valence-electron chi connectivity index (χ1n) is 6.95. The van der Waals surface area contributed by atoms with Crippen molar-refractivity contribution in [2.45, 2.75) is 58.5 Å². The zero-order chi connectivity index (χ0) is 15.3. The van der Waals surface area contributed by atoms with E-state index in [0.717, 1.165) is 11.1 Å². The number of fused-ring (bicyclic) bond motifs is 1. The van der Waals surface area contributed by atoms with Crippen LogP contribution in [0.15, 0.2) is 18.2 Å². The van der Waals surface area contributed by atoms with Crippen LogP contribution in [-0.4, -0.2) is 16.3 Å². The molecule has 3 nitrogen and oxygen atoms in total. The van der Waals surface area contributed by atoms with Gasteiger partial charge in [-0.2, -0.15) is 5.26 Å². The Morgan fingerprint density at radius 1 is 1.15 bits per heavy atom. The average molecular weight is 270 g/mol. The van der Waals surface area contributed by atoms with Crippen molar-refractivity contribution in [3.8, 4) is 6.07 Å². The molecule has 1 amide bonds. The molecule has 1 heterocycles. The van der Waals surface area contributed by atoms with Crippen molar-refractivity contribution in [1.82, 2.24) is 4.90 Å². The molecule has 1 aliphatic heterocycles. The Morgan fingerprint density at radius 2 is 1.75 bits per heavy atom. The van der Waals surface area contributed by atoms with Crippen molar-refractivity contribution in [1.29, 1.82) is 5.26 Å². The summed E-state index contributed by atoms with van der Waals surface area (Å²) in [5.41, 5.74) is 2.31. The van der Waals surface area contributed by atoms with Crippen LogP contribution in [0.4, 0.5) is 0 Å². The Labute approximate surface area is 121 Å². The van der Waals surface area contributed by atoms with Crippen molar-refractivity contribution in [2.75, 3.05) is 0 Å². The molecule has 2 rings (SSSR count). The molecule has 1 unspecified atom stereocenters. The van der Waals surface area contributed by atoms with Crippen molar-refractivity contribution >= 4 is 5.91 Å². The topological polar surface area (TPSA) is 44.1 Å². The molecular formula is C17H22N2O. The van der Waals surface area contributed by atoms with Crippen LogP contribution in [0.3, 0.4) is 0 Å². The third kappa shape index (κ3) is 2.20. The van der Waals surface area contributed by atoms with Gasteiger partial charge in [0.15, 0.2) is 0 Å². The highest BCUT2D eigenvalue weighted by molar-refractivity contribution is 6.00. The number of amides is 1. The number of carbonyl (C=O) groups is 1. The molecule has 3 heteroatoms. The third-order valence-electron chi connectivity index (χ3n) is 3.76. The van der Waals surface area contributed by atoms with E-state index in [0.29, 0.717) is 5.56 Å². The van der Waals surface area contributed by atoms with E-state index in [2.05, 4.69) is 26.8 Å². The molecule has 0 bridgehead atoms. The predicted octanol–water partition coefficient (Wildman–Crippen LogP) is 3.80. The zero-order valence-electron chi connectivity index (χ0n) is 13.1. The molecule has 0 saturated carbocycles. The van der Waals surface area contributed by atoms with Crippen LogP contribution in [0.5, 0.6) is 0 Å². The van der Waals surface area contributed by atoms with Gasteiger partial charge in [0, 0.05) is 16.7 Å². The lowest BCUT2D eigenvalue weighted by Crippen LogP contribution is -2.43. The number of nitrogens with zero attached hydrogens (tertiary/aromatic N) is 2. The van der Waals surface area contributed by atoms with Gasteiger partial charge in [-0.1, -0.05) is 32.9 Å². The van der Waals surface area contributed by atoms with Gasteiger partial charge in [-0.15, -0.1) is 0 Å².